The van der Waals surface area contributed by atoms with Crippen molar-refractivity contribution in [1.29, 1.82) is 0 Å². The van der Waals surface area contributed by atoms with Crippen LogP contribution >= 0.6 is 0 Å². The number of anilines is 1. The van der Waals surface area contributed by atoms with E-state index in [0.717, 1.165) is 24.1 Å². The number of hydrogen-bond acceptors (Lipinski definition) is 4. The molecule has 1 aromatic heterocycles. The molecule has 1 fully saturated rings. The molecule has 0 spiro atoms. The topological polar surface area (TPSA) is 86.4 Å². The van der Waals surface area contributed by atoms with Crippen LogP contribution in [-0.2, 0) is 4.74 Å². The Bertz CT molecular complexity index is 650. The summed E-state index contributed by atoms with van der Waals surface area (Å²) < 4.78 is 8.34. The van der Waals surface area contributed by atoms with Gasteiger partial charge in [-0.05, 0) is 69.9 Å². The van der Waals surface area contributed by atoms with E-state index in [-0.39, 0.29) is 17.3 Å². The third kappa shape index (κ3) is 2.68. The Morgan fingerprint density at radius 3 is 2.57 bits per heavy atom. The summed E-state index contributed by atoms with van der Waals surface area (Å²) in [5, 5.41) is 10.2. The van der Waals surface area contributed by atoms with Gasteiger partial charge < -0.3 is 25.9 Å². The Morgan fingerprint density at radius 1 is 1.35 bits per heavy atom. The van der Waals surface area contributed by atoms with Gasteiger partial charge in [-0.2, -0.15) is 0 Å². The van der Waals surface area contributed by atoms with Crippen LogP contribution in [0.3, 0.4) is 0 Å². The normalized spacial score (nSPS) is 29.7. The molecule has 0 saturated heterocycles. The van der Waals surface area contributed by atoms with Gasteiger partial charge in [-0.1, -0.05) is 0 Å². The molecule has 23 heavy (non-hydrogen) atoms. The molecule has 0 aromatic carbocycles. The number of ether oxygens (including phenoxy) is 1. The number of nitrogen functional groups attached to an aromatic ring is 1. The van der Waals surface area contributed by atoms with Crippen LogP contribution in [0.1, 0.15) is 44.8 Å². The molecule has 1 aromatic rings. The quantitative estimate of drug-likeness (QED) is 0.797. The van der Waals surface area contributed by atoms with Gasteiger partial charge in [-0.3, -0.25) is 0 Å². The second-order valence-corrected chi connectivity index (χ2v) is 7.26. The minimum Gasteiger partial charge on any atom is -0.508 e. The highest BCUT2D eigenvalue weighted by Crippen LogP contribution is 2.42. The van der Waals surface area contributed by atoms with Crippen molar-refractivity contribution in [1.82, 2.24) is 4.57 Å². The highest BCUT2D eigenvalue weighted by molar-refractivity contribution is 5.42. The first kappa shape index (κ1) is 16.1. The summed E-state index contributed by atoms with van der Waals surface area (Å²) in [6.07, 6.45) is 6.80. The Balaban J connectivity index is 1.95. The number of aryl methyl sites for hydroxylation is 1. The zero-order valence-electron chi connectivity index (χ0n) is 14.2. The summed E-state index contributed by atoms with van der Waals surface area (Å²) in [6.45, 7) is 6.48. The highest BCUT2D eigenvalue weighted by Gasteiger charge is 2.43. The van der Waals surface area contributed by atoms with Gasteiger partial charge in [-0.15, -0.1) is 0 Å². The van der Waals surface area contributed by atoms with Crippen molar-refractivity contribution in [3.05, 3.63) is 41.3 Å². The van der Waals surface area contributed by atoms with Gasteiger partial charge in [-0.25, -0.2) is 0 Å². The summed E-state index contributed by atoms with van der Waals surface area (Å²) in [4.78, 5) is 0. The summed E-state index contributed by atoms with van der Waals surface area (Å²) in [6, 6.07) is 3.68. The smallest absolute Gasteiger partial charge is 0.116 e. The molecule has 2 aliphatic carbocycles. The molecule has 2 unspecified atom stereocenters. The van der Waals surface area contributed by atoms with Crippen molar-refractivity contribution in [3.63, 3.8) is 0 Å². The van der Waals surface area contributed by atoms with Crippen LogP contribution in [0.4, 0.5) is 5.82 Å². The van der Waals surface area contributed by atoms with Gasteiger partial charge in [0.25, 0.3) is 0 Å². The number of rotatable bonds is 4. The molecule has 2 atom stereocenters. The zero-order valence-corrected chi connectivity index (χ0v) is 14.2. The second-order valence-electron chi connectivity index (χ2n) is 7.26. The minimum atomic E-state index is -0.601. The van der Waals surface area contributed by atoms with E-state index in [1.54, 1.807) is 6.08 Å². The molecular weight excluding hydrogens is 290 g/mol. The lowest BCUT2D eigenvalue weighted by molar-refractivity contribution is -0.0613. The standard InChI is InChI=1S/C18H27N3O2/c1-12-5-6-15(19)21(12)16-13(2)14(22)7-10-17(16,3)23-11-18(20)8-4-9-18/h5-7,10,16,22H,4,8-9,11,19-20H2,1-3H3. The number of allylic oxidation sites excluding steroid dienone is 1. The van der Waals surface area contributed by atoms with Crippen molar-refractivity contribution < 1.29 is 9.84 Å². The Kier molecular flexibility index (Phi) is 3.81. The molecule has 126 valence electrons. The monoisotopic (exact) mass is 317 g/mol. The van der Waals surface area contributed by atoms with Gasteiger partial charge in [0.05, 0.1) is 12.6 Å². The average Bonchev–Trinajstić information content (AvgIpc) is 2.80. The van der Waals surface area contributed by atoms with E-state index in [4.69, 9.17) is 16.2 Å². The molecule has 2 aliphatic rings. The number of aliphatic hydroxyl groups excluding tert-OH is 1. The molecule has 0 radical (unpaired) electrons. The predicted molar refractivity (Wildman–Crippen MR) is 92.2 cm³/mol. The Hall–Kier alpha value is -1.72. The minimum absolute atomic E-state index is 0.189. The van der Waals surface area contributed by atoms with Crippen LogP contribution in [-0.4, -0.2) is 27.4 Å². The lowest BCUT2D eigenvalue weighted by atomic mass is 9.78. The summed E-state index contributed by atoms with van der Waals surface area (Å²) in [5.41, 5.74) is 13.6. The van der Waals surface area contributed by atoms with Gasteiger partial charge in [0, 0.05) is 11.2 Å². The first-order valence-corrected chi connectivity index (χ1v) is 8.21. The maximum atomic E-state index is 10.2. The van der Waals surface area contributed by atoms with Gasteiger partial charge in [0.15, 0.2) is 0 Å². The Morgan fingerprint density at radius 2 is 2.04 bits per heavy atom. The molecule has 0 aliphatic heterocycles. The van der Waals surface area contributed by atoms with E-state index in [1.807, 2.05) is 43.5 Å². The molecule has 5 nitrogen and oxygen atoms in total. The fraction of sp³-hybridized carbons (Fsp3) is 0.556. The average molecular weight is 317 g/mol. The highest BCUT2D eigenvalue weighted by atomic mass is 16.5. The first-order valence-electron chi connectivity index (χ1n) is 8.21. The zero-order chi connectivity index (χ0) is 16.8. The van der Waals surface area contributed by atoms with E-state index in [1.165, 1.54) is 6.42 Å². The fourth-order valence-electron chi connectivity index (χ4n) is 3.61. The molecule has 5 heteroatoms. The molecule has 0 amide bonds. The molecule has 1 saturated carbocycles. The van der Waals surface area contributed by atoms with Crippen molar-refractivity contribution in [2.75, 3.05) is 12.3 Å². The van der Waals surface area contributed by atoms with Gasteiger partial charge in [0.1, 0.15) is 17.2 Å². The van der Waals surface area contributed by atoms with Crippen LogP contribution in [0.2, 0.25) is 0 Å². The van der Waals surface area contributed by atoms with Gasteiger partial charge in [0.2, 0.25) is 0 Å². The maximum Gasteiger partial charge on any atom is 0.116 e. The van der Waals surface area contributed by atoms with E-state index < -0.39 is 5.60 Å². The van der Waals surface area contributed by atoms with Crippen molar-refractivity contribution in [3.8, 4) is 0 Å². The van der Waals surface area contributed by atoms with E-state index >= 15 is 0 Å². The van der Waals surface area contributed by atoms with Crippen LogP contribution in [0.5, 0.6) is 0 Å². The van der Waals surface area contributed by atoms with E-state index in [2.05, 4.69) is 0 Å². The number of hydrogen-bond donors (Lipinski definition) is 3. The SMILES string of the molecule is CC1=C(O)C=CC(C)(OCC2(N)CCC2)C1n1c(C)ccc1N. The van der Waals surface area contributed by atoms with Gasteiger partial charge >= 0.3 is 0 Å². The lowest BCUT2D eigenvalue weighted by Gasteiger charge is -2.45. The molecule has 5 N–H and O–H groups in total. The Labute approximate surface area is 137 Å². The van der Waals surface area contributed by atoms with E-state index in [9.17, 15) is 5.11 Å². The van der Waals surface area contributed by atoms with Crippen molar-refractivity contribution in [2.24, 2.45) is 5.73 Å². The van der Waals surface area contributed by atoms with Crippen molar-refractivity contribution in [2.45, 2.75) is 57.2 Å². The van der Waals surface area contributed by atoms with E-state index in [0.29, 0.717) is 12.4 Å². The third-order valence-electron chi connectivity index (χ3n) is 5.36. The number of aliphatic hydroxyl groups is 1. The second kappa shape index (κ2) is 5.42. The molecular formula is C18H27N3O2. The molecule has 0 bridgehead atoms. The maximum absolute atomic E-state index is 10.2. The molecule has 3 rings (SSSR count). The largest absolute Gasteiger partial charge is 0.508 e. The van der Waals surface area contributed by atoms with Crippen LogP contribution in [0.15, 0.2) is 35.6 Å². The summed E-state index contributed by atoms with van der Waals surface area (Å²) in [7, 11) is 0. The van der Waals surface area contributed by atoms with Crippen LogP contribution in [0, 0.1) is 6.92 Å². The number of nitrogens with two attached hydrogens (primary N) is 2. The molecule has 1 heterocycles. The number of aromatic nitrogens is 1. The van der Waals surface area contributed by atoms with Crippen molar-refractivity contribution >= 4 is 5.82 Å². The summed E-state index contributed by atoms with van der Waals surface area (Å²) in [5.74, 6) is 0.936. The number of nitrogens with zero attached hydrogens (tertiary/aromatic N) is 1. The first-order chi connectivity index (χ1) is 10.8. The fourth-order valence-corrected chi connectivity index (χ4v) is 3.61. The summed E-state index contributed by atoms with van der Waals surface area (Å²) >= 11 is 0. The van der Waals surface area contributed by atoms with Crippen LogP contribution in [0.25, 0.3) is 0 Å². The predicted octanol–water partition coefficient (Wildman–Crippen LogP) is 2.98. The van der Waals surface area contributed by atoms with Crippen LogP contribution < -0.4 is 11.5 Å². The third-order valence-corrected chi connectivity index (χ3v) is 5.36. The lowest BCUT2D eigenvalue weighted by Crippen LogP contribution is -2.53.